The van der Waals surface area contributed by atoms with Crippen LogP contribution in [0.2, 0.25) is 0 Å². The number of hydrogen-bond acceptors (Lipinski definition) is 8. The van der Waals surface area contributed by atoms with Gasteiger partial charge in [0.2, 0.25) is 11.8 Å². The minimum Gasteiger partial charge on any atom is -0.481 e. The molecule has 0 amide bonds. The smallest absolute Gasteiger partial charge is 0.352 e. The van der Waals surface area contributed by atoms with E-state index in [4.69, 9.17) is 19.1 Å². The van der Waals surface area contributed by atoms with Gasteiger partial charge in [-0.25, -0.2) is 4.79 Å². The van der Waals surface area contributed by atoms with E-state index in [0.717, 1.165) is 0 Å². The Morgan fingerprint density at radius 3 is 2.00 bits per heavy atom. The highest BCUT2D eigenvalue weighted by atomic mass is 17.2. The molecule has 2 rings (SSSR count). The molecule has 0 bridgehead atoms. The molecule has 8 nitrogen and oxygen atoms in total. The largest absolute Gasteiger partial charge is 0.481 e. The van der Waals surface area contributed by atoms with E-state index in [1.54, 1.807) is 24.3 Å². The number of hydrogen-bond donors (Lipinski definition) is 0. The Morgan fingerprint density at radius 1 is 0.955 bits per heavy atom. The van der Waals surface area contributed by atoms with Gasteiger partial charge in [0, 0.05) is 6.92 Å². The molecule has 0 aliphatic carbocycles. The molecule has 0 fully saturated rings. The maximum atomic E-state index is 10.6. The number of aromatic nitrogens is 2. The minimum atomic E-state index is -0.544. The SMILES string of the molecule is COc1cc(OC)nc(Oc2ccc(OOC(C)=O)cc2)n1. The first-order valence-corrected chi connectivity index (χ1v) is 6.21. The lowest BCUT2D eigenvalue weighted by molar-refractivity contribution is -0.210. The lowest BCUT2D eigenvalue weighted by atomic mass is 10.3. The minimum absolute atomic E-state index is 0.0739. The van der Waals surface area contributed by atoms with Gasteiger partial charge in [0.05, 0.1) is 20.3 Å². The molecule has 0 saturated heterocycles. The molecule has 1 aromatic heterocycles. The predicted molar refractivity (Wildman–Crippen MR) is 74.0 cm³/mol. The molecule has 0 N–H and O–H groups in total. The maximum Gasteiger partial charge on any atom is 0.352 e. The summed E-state index contributed by atoms with van der Waals surface area (Å²) in [6.45, 7) is 1.24. The van der Waals surface area contributed by atoms with Crippen LogP contribution in [0.25, 0.3) is 0 Å². The van der Waals surface area contributed by atoms with E-state index in [0.29, 0.717) is 23.3 Å². The van der Waals surface area contributed by atoms with E-state index < -0.39 is 5.97 Å². The highest BCUT2D eigenvalue weighted by Gasteiger charge is 2.08. The van der Waals surface area contributed by atoms with E-state index in [1.165, 1.54) is 27.2 Å². The van der Waals surface area contributed by atoms with E-state index in [-0.39, 0.29) is 6.01 Å². The Morgan fingerprint density at radius 2 is 1.50 bits per heavy atom. The summed E-state index contributed by atoms with van der Waals surface area (Å²) in [7, 11) is 2.96. The van der Waals surface area contributed by atoms with Crippen LogP contribution in [0.4, 0.5) is 0 Å². The van der Waals surface area contributed by atoms with Crippen molar-refractivity contribution in [1.82, 2.24) is 9.97 Å². The number of methoxy groups -OCH3 is 2. The van der Waals surface area contributed by atoms with E-state index in [2.05, 4.69) is 14.9 Å². The van der Waals surface area contributed by atoms with Gasteiger partial charge in [-0.05, 0) is 24.3 Å². The molecule has 0 saturated carbocycles. The second-order valence-corrected chi connectivity index (χ2v) is 3.97. The molecule has 0 atom stereocenters. The normalized spacial score (nSPS) is 9.77. The first-order valence-electron chi connectivity index (χ1n) is 6.21. The molecule has 8 heteroatoms. The molecule has 1 aromatic carbocycles. The third-order valence-electron chi connectivity index (χ3n) is 2.37. The quantitative estimate of drug-likeness (QED) is 0.592. The van der Waals surface area contributed by atoms with Crippen molar-refractivity contribution in [3.05, 3.63) is 30.3 Å². The Hall–Kier alpha value is -3.03. The number of benzene rings is 1. The fourth-order valence-corrected chi connectivity index (χ4v) is 1.41. The summed E-state index contributed by atoms with van der Waals surface area (Å²) < 4.78 is 15.6. The molecular weight excluding hydrogens is 292 g/mol. The second kappa shape index (κ2) is 7.11. The van der Waals surface area contributed by atoms with Crippen LogP contribution in [-0.4, -0.2) is 30.2 Å². The first-order chi connectivity index (χ1) is 10.6. The van der Waals surface area contributed by atoms with Gasteiger partial charge in [-0.15, -0.1) is 0 Å². The average molecular weight is 306 g/mol. The monoisotopic (exact) mass is 306 g/mol. The van der Waals surface area contributed by atoms with E-state index in [1.807, 2.05) is 0 Å². The van der Waals surface area contributed by atoms with Gasteiger partial charge in [-0.3, -0.25) is 9.78 Å². The molecule has 0 aliphatic heterocycles. The van der Waals surface area contributed by atoms with Crippen molar-refractivity contribution in [2.24, 2.45) is 0 Å². The number of rotatable bonds is 6. The fourth-order valence-electron chi connectivity index (χ4n) is 1.41. The molecular formula is C14H14N2O6. The molecule has 0 unspecified atom stereocenters. The van der Waals surface area contributed by atoms with Crippen molar-refractivity contribution in [2.75, 3.05) is 14.2 Å². The fraction of sp³-hybridized carbons (Fsp3) is 0.214. The third kappa shape index (κ3) is 4.23. The maximum absolute atomic E-state index is 10.6. The van der Waals surface area contributed by atoms with Gasteiger partial charge in [0.25, 0.3) is 0 Å². The van der Waals surface area contributed by atoms with Crippen molar-refractivity contribution in [3.8, 4) is 29.3 Å². The van der Waals surface area contributed by atoms with Crippen LogP contribution in [0.3, 0.4) is 0 Å². The first kappa shape index (κ1) is 15.4. The summed E-state index contributed by atoms with van der Waals surface area (Å²) in [5.74, 6) is 0.905. The third-order valence-corrected chi connectivity index (χ3v) is 2.37. The zero-order valence-electron chi connectivity index (χ0n) is 12.2. The van der Waals surface area contributed by atoms with Crippen LogP contribution in [0.15, 0.2) is 30.3 Å². The van der Waals surface area contributed by atoms with E-state index in [9.17, 15) is 4.79 Å². The number of carbonyl (C=O) groups is 1. The van der Waals surface area contributed by atoms with Crippen molar-refractivity contribution in [2.45, 2.75) is 6.92 Å². The van der Waals surface area contributed by atoms with Gasteiger partial charge in [0.15, 0.2) is 5.75 Å². The molecule has 0 spiro atoms. The van der Waals surface area contributed by atoms with Gasteiger partial charge in [-0.1, -0.05) is 0 Å². The van der Waals surface area contributed by atoms with Gasteiger partial charge in [-0.2, -0.15) is 9.97 Å². The summed E-state index contributed by atoms with van der Waals surface area (Å²) >= 11 is 0. The van der Waals surface area contributed by atoms with Crippen molar-refractivity contribution in [3.63, 3.8) is 0 Å². The Labute approximate surface area is 126 Å². The molecule has 0 radical (unpaired) electrons. The van der Waals surface area contributed by atoms with Crippen molar-refractivity contribution < 1.29 is 28.8 Å². The Balaban J connectivity index is 2.08. The lowest BCUT2D eigenvalue weighted by Gasteiger charge is -2.08. The summed E-state index contributed by atoms with van der Waals surface area (Å²) in [6.07, 6.45) is 0. The topological polar surface area (TPSA) is 89.0 Å². The van der Waals surface area contributed by atoms with Crippen LogP contribution in [0.1, 0.15) is 6.92 Å². The summed E-state index contributed by atoms with van der Waals surface area (Å²) in [6, 6.07) is 7.95. The summed E-state index contributed by atoms with van der Waals surface area (Å²) in [4.78, 5) is 27.9. The van der Waals surface area contributed by atoms with Crippen LogP contribution in [-0.2, 0) is 9.68 Å². The van der Waals surface area contributed by atoms with Gasteiger partial charge >= 0.3 is 12.0 Å². The molecule has 22 heavy (non-hydrogen) atoms. The standard InChI is InChI=1S/C14H14N2O6/c1-9(17)21-22-11-6-4-10(5-7-11)20-14-15-12(18-2)8-13(16-14)19-3/h4-8H,1-3H3. The molecule has 116 valence electrons. The summed E-state index contributed by atoms with van der Waals surface area (Å²) in [5.41, 5.74) is 0. The zero-order valence-corrected chi connectivity index (χ0v) is 12.2. The predicted octanol–water partition coefficient (Wildman–Crippen LogP) is 2.14. The number of ether oxygens (including phenoxy) is 3. The Kier molecular flexibility index (Phi) is 4.97. The van der Waals surface area contributed by atoms with E-state index >= 15 is 0 Å². The molecule has 1 heterocycles. The van der Waals surface area contributed by atoms with Crippen LogP contribution >= 0.6 is 0 Å². The molecule has 0 aliphatic rings. The van der Waals surface area contributed by atoms with Crippen molar-refractivity contribution in [1.29, 1.82) is 0 Å². The Bertz CT molecular complexity index is 622. The molecule has 2 aromatic rings. The number of nitrogens with zero attached hydrogens (tertiary/aromatic N) is 2. The highest BCUT2D eigenvalue weighted by Crippen LogP contribution is 2.25. The van der Waals surface area contributed by atoms with Crippen LogP contribution < -0.4 is 19.1 Å². The number of carbonyl (C=O) groups excluding carboxylic acids is 1. The van der Waals surface area contributed by atoms with Crippen LogP contribution in [0.5, 0.6) is 29.3 Å². The van der Waals surface area contributed by atoms with Gasteiger partial charge in [0.1, 0.15) is 5.75 Å². The zero-order chi connectivity index (χ0) is 15.9. The highest BCUT2D eigenvalue weighted by molar-refractivity contribution is 5.65. The van der Waals surface area contributed by atoms with Crippen LogP contribution in [0, 0.1) is 0 Å². The summed E-state index contributed by atoms with van der Waals surface area (Å²) in [5, 5.41) is 0. The van der Waals surface area contributed by atoms with Gasteiger partial charge < -0.3 is 14.2 Å². The van der Waals surface area contributed by atoms with Crippen molar-refractivity contribution >= 4 is 5.97 Å². The average Bonchev–Trinajstić information content (AvgIpc) is 2.53. The second-order valence-electron chi connectivity index (χ2n) is 3.97. The lowest BCUT2D eigenvalue weighted by Crippen LogP contribution is -2.02.